The quantitative estimate of drug-likeness (QED) is 0.625. The highest BCUT2D eigenvalue weighted by molar-refractivity contribution is 9.09. The van der Waals surface area contributed by atoms with Crippen molar-refractivity contribution >= 4 is 15.9 Å². The van der Waals surface area contributed by atoms with Crippen molar-refractivity contribution in [3.63, 3.8) is 0 Å². The Morgan fingerprint density at radius 1 is 1.25 bits per heavy atom. The van der Waals surface area contributed by atoms with Crippen LogP contribution in [-0.2, 0) is 5.41 Å². The zero-order valence-electron chi connectivity index (χ0n) is 13.4. The molecule has 0 amide bonds. The van der Waals surface area contributed by atoms with Gasteiger partial charge >= 0.3 is 0 Å². The average Bonchev–Trinajstić information content (AvgIpc) is 2.46. The second kappa shape index (κ2) is 5.71. The number of benzene rings is 1. The number of ether oxygens (including phenoxy) is 1. The number of rotatable bonds is 5. The maximum Gasteiger partial charge on any atom is 0.119 e. The molecule has 1 fully saturated rings. The summed E-state index contributed by atoms with van der Waals surface area (Å²) < 4.78 is 6.20. The van der Waals surface area contributed by atoms with Gasteiger partial charge in [-0.3, -0.25) is 0 Å². The summed E-state index contributed by atoms with van der Waals surface area (Å²) in [7, 11) is 0. The van der Waals surface area contributed by atoms with Gasteiger partial charge in [0.25, 0.3) is 0 Å². The van der Waals surface area contributed by atoms with Crippen LogP contribution in [0.5, 0.6) is 5.75 Å². The summed E-state index contributed by atoms with van der Waals surface area (Å²) in [5.74, 6) is 1.00. The van der Waals surface area contributed by atoms with E-state index in [1.807, 2.05) is 0 Å². The molecular formula is C18H27BrO. The zero-order chi connectivity index (χ0) is 15.0. The van der Waals surface area contributed by atoms with Crippen molar-refractivity contribution in [1.82, 2.24) is 0 Å². The third kappa shape index (κ3) is 2.77. The molecule has 0 bridgehead atoms. The van der Waals surface area contributed by atoms with Crippen molar-refractivity contribution in [2.24, 2.45) is 5.41 Å². The largest absolute Gasteiger partial charge is 0.490 e. The molecule has 1 aliphatic rings. The van der Waals surface area contributed by atoms with Gasteiger partial charge in [0, 0.05) is 10.2 Å². The van der Waals surface area contributed by atoms with Gasteiger partial charge in [-0.2, -0.15) is 0 Å². The summed E-state index contributed by atoms with van der Waals surface area (Å²) in [6.45, 7) is 11.4. The van der Waals surface area contributed by atoms with E-state index in [0.717, 1.165) is 25.0 Å². The maximum atomic E-state index is 6.20. The normalized spacial score (nSPS) is 29.9. The summed E-state index contributed by atoms with van der Waals surface area (Å²) in [5.41, 5.74) is 1.90. The van der Waals surface area contributed by atoms with Crippen molar-refractivity contribution in [2.45, 2.75) is 70.2 Å². The van der Waals surface area contributed by atoms with Gasteiger partial charge in [-0.1, -0.05) is 62.7 Å². The van der Waals surface area contributed by atoms with E-state index < -0.39 is 0 Å². The van der Waals surface area contributed by atoms with Gasteiger partial charge in [0.05, 0.1) is 0 Å². The fourth-order valence-corrected chi connectivity index (χ4v) is 3.71. The predicted molar refractivity (Wildman–Crippen MR) is 89.9 cm³/mol. The Kier molecular flexibility index (Phi) is 4.53. The van der Waals surface area contributed by atoms with E-state index >= 15 is 0 Å². The molecule has 2 rings (SSSR count). The molecule has 2 heteroatoms. The molecule has 0 aliphatic heterocycles. The summed E-state index contributed by atoms with van der Waals surface area (Å²) in [6.07, 6.45) is 3.73. The van der Waals surface area contributed by atoms with Crippen LogP contribution in [0, 0.1) is 5.41 Å². The molecule has 20 heavy (non-hydrogen) atoms. The minimum absolute atomic E-state index is 0.244. The van der Waals surface area contributed by atoms with Crippen LogP contribution in [-0.4, -0.2) is 10.9 Å². The van der Waals surface area contributed by atoms with E-state index in [2.05, 4.69) is 74.8 Å². The minimum atomic E-state index is 0.244. The molecule has 0 saturated heterocycles. The first kappa shape index (κ1) is 15.9. The number of hydrogen-bond acceptors (Lipinski definition) is 1. The molecule has 1 aromatic rings. The van der Waals surface area contributed by atoms with E-state index in [9.17, 15) is 0 Å². The first-order valence-electron chi connectivity index (χ1n) is 7.74. The lowest BCUT2D eigenvalue weighted by Gasteiger charge is -2.50. The molecule has 1 saturated carbocycles. The van der Waals surface area contributed by atoms with Crippen molar-refractivity contribution < 1.29 is 4.74 Å². The fourth-order valence-electron chi connectivity index (χ4n) is 2.75. The van der Waals surface area contributed by atoms with Gasteiger partial charge in [-0.25, -0.2) is 0 Å². The van der Waals surface area contributed by atoms with Crippen molar-refractivity contribution in [1.29, 1.82) is 0 Å². The first-order chi connectivity index (χ1) is 9.33. The number of hydrogen-bond donors (Lipinski definition) is 0. The second-order valence-electron chi connectivity index (χ2n) is 6.93. The molecule has 112 valence electrons. The lowest BCUT2D eigenvalue weighted by Crippen LogP contribution is -2.54. The average molecular weight is 339 g/mol. The van der Waals surface area contributed by atoms with Crippen molar-refractivity contribution in [2.75, 3.05) is 0 Å². The Hall–Kier alpha value is -0.500. The van der Waals surface area contributed by atoms with Crippen molar-refractivity contribution in [3.8, 4) is 5.75 Å². The van der Waals surface area contributed by atoms with Gasteiger partial charge < -0.3 is 4.74 Å². The van der Waals surface area contributed by atoms with E-state index in [1.165, 1.54) is 5.56 Å². The topological polar surface area (TPSA) is 9.23 Å². The molecule has 0 aromatic heterocycles. The Morgan fingerprint density at radius 3 is 2.30 bits per heavy atom. The van der Waals surface area contributed by atoms with Crippen LogP contribution in [0.2, 0.25) is 0 Å². The zero-order valence-corrected chi connectivity index (χ0v) is 15.0. The Labute approximate surface area is 132 Å². The smallest absolute Gasteiger partial charge is 0.119 e. The second-order valence-corrected chi connectivity index (χ2v) is 8.04. The maximum absolute atomic E-state index is 6.20. The monoisotopic (exact) mass is 338 g/mol. The van der Waals surface area contributed by atoms with E-state index in [4.69, 9.17) is 4.74 Å². The highest BCUT2D eigenvalue weighted by atomic mass is 79.9. The Bertz CT molecular complexity index is 451. The molecule has 1 nitrogen and oxygen atoms in total. The molecule has 0 heterocycles. The molecule has 0 radical (unpaired) electrons. The third-order valence-electron chi connectivity index (χ3n) is 5.43. The van der Waals surface area contributed by atoms with Crippen LogP contribution in [0.1, 0.15) is 59.4 Å². The predicted octanol–water partition coefficient (Wildman–Crippen LogP) is 5.71. The van der Waals surface area contributed by atoms with Crippen LogP contribution < -0.4 is 4.74 Å². The van der Waals surface area contributed by atoms with Gasteiger partial charge in [0.2, 0.25) is 0 Å². The summed E-state index contributed by atoms with van der Waals surface area (Å²) in [5, 5.41) is 0. The standard InChI is InChI=1S/C18H27BrO/c1-6-17(3,4)13-8-10-14(11-9-13)20-16-12-15(19)18(16,5)7-2/h8-11,15-16H,6-7,12H2,1-5H3. The summed E-state index contributed by atoms with van der Waals surface area (Å²) >= 11 is 3.76. The summed E-state index contributed by atoms with van der Waals surface area (Å²) in [4.78, 5) is 0.586. The van der Waals surface area contributed by atoms with Gasteiger partial charge in [0.1, 0.15) is 11.9 Å². The van der Waals surface area contributed by atoms with E-state index in [1.54, 1.807) is 0 Å². The molecule has 3 atom stereocenters. The highest BCUT2D eigenvalue weighted by Gasteiger charge is 2.50. The third-order valence-corrected chi connectivity index (χ3v) is 6.85. The lowest BCUT2D eigenvalue weighted by atomic mass is 9.65. The molecule has 3 unspecified atom stereocenters. The minimum Gasteiger partial charge on any atom is -0.490 e. The van der Waals surface area contributed by atoms with Crippen LogP contribution >= 0.6 is 15.9 Å². The SMILES string of the molecule is CCC(C)(C)c1ccc(OC2CC(Br)C2(C)CC)cc1. The Balaban J connectivity index is 2.05. The Morgan fingerprint density at radius 2 is 1.85 bits per heavy atom. The molecular weight excluding hydrogens is 312 g/mol. The lowest BCUT2D eigenvalue weighted by molar-refractivity contribution is -0.0243. The van der Waals surface area contributed by atoms with Gasteiger partial charge in [-0.05, 0) is 42.4 Å². The van der Waals surface area contributed by atoms with Crippen LogP contribution in [0.25, 0.3) is 0 Å². The molecule has 0 spiro atoms. The number of alkyl halides is 1. The number of halogens is 1. The highest BCUT2D eigenvalue weighted by Crippen LogP contribution is 2.50. The van der Waals surface area contributed by atoms with Gasteiger partial charge in [0.15, 0.2) is 0 Å². The first-order valence-corrected chi connectivity index (χ1v) is 8.66. The molecule has 1 aromatic carbocycles. The van der Waals surface area contributed by atoms with Crippen LogP contribution in [0.3, 0.4) is 0 Å². The van der Waals surface area contributed by atoms with E-state index in [0.29, 0.717) is 10.9 Å². The van der Waals surface area contributed by atoms with Crippen molar-refractivity contribution in [3.05, 3.63) is 29.8 Å². The van der Waals surface area contributed by atoms with Gasteiger partial charge in [-0.15, -0.1) is 0 Å². The summed E-state index contributed by atoms with van der Waals surface area (Å²) in [6, 6.07) is 8.69. The van der Waals surface area contributed by atoms with E-state index in [-0.39, 0.29) is 10.8 Å². The van der Waals surface area contributed by atoms with Crippen LogP contribution in [0.15, 0.2) is 24.3 Å². The van der Waals surface area contributed by atoms with Crippen LogP contribution in [0.4, 0.5) is 0 Å². The molecule has 1 aliphatic carbocycles. The molecule has 0 N–H and O–H groups in total. The fraction of sp³-hybridized carbons (Fsp3) is 0.667.